The molecule has 14 nitrogen and oxygen atoms in total. The Morgan fingerprint density at radius 1 is 0.514 bits per heavy atom. The molecule has 12 atom stereocenters. The summed E-state index contributed by atoms with van der Waals surface area (Å²) in [5.74, 6) is -0.324. The smallest absolute Gasteiger partial charge is 0.220 e. The Bertz CT molecular complexity index is 1530. The largest absolute Gasteiger partial charge is 0.394 e. The van der Waals surface area contributed by atoms with Crippen LogP contribution in [-0.2, 0) is 23.7 Å². The van der Waals surface area contributed by atoms with Crippen LogP contribution in [-0.4, -0.2) is 140 Å². The van der Waals surface area contributed by atoms with Gasteiger partial charge in [0.05, 0.1) is 32.0 Å². The quantitative estimate of drug-likeness (QED) is 0.0207. The van der Waals surface area contributed by atoms with E-state index in [-0.39, 0.29) is 18.9 Å². The molecule has 72 heavy (non-hydrogen) atoms. The first kappa shape index (κ1) is 65.3. The lowest BCUT2D eigenvalue weighted by atomic mass is 9.97. The molecule has 0 saturated carbocycles. The number of aliphatic hydroxyl groups excluding tert-OH is 8. The third kappa shape index (κ3) is 29.3. The number of rotatable bonds is 42. The molecule has 2 rings (SSSR count). The van der Waals surface area contributed by atoms with E-state index in [1.807, 2.05) is 18.2 Å². The third-order valence-electron chi connectivity index (χ3n) is 13.1. The molecule has 2 aliphatic heterocycles. The summed E-state index contributed by atoms with van der Waals surface area (Å²) in [6.07, 6.45) is 40.6. The van der Waals surface area contributed by atoms with E-state index >= 15 is 0 Å². The van der Waals surface area contributed by atoms with E-state index in [2.05, 4.69) is 79.9 Å². The van der Waals surface area contributed by atoms with Crippen LogP contribution in [0.25, 0.3) is 0 Å². The molecule has 0 aromatic heterocycles. The van der Waals surface area contributed by atoms with Crippen molar-refractivity contribution in [1.82, 2.24) is 5.32 Å². The minimum absolute atomic E-state index is 0.152. The van der Waals surface area contributed by atoms with Crippen LogP contribution in [0.3, 0.4) is 0 Å². The molecular formula is C58H99NO13. The first-order valence-electron chi connectivity index (χ1n) is 27.8. The summed E-state index contributed by atoms with van der Waals surface area (Å²) in [6, 6.07) is -0.960. The van der Waals surface area contributed by atoms with E-state index in [1.165, 1.54) is 89.9 Å². The molecule has 12 unspecified atom stereocenters. The van der Waals surface area contributed by atoms with Crippen LogP contribution in [0.2, 0.25) is 0 Å². The Labute approximate surface area is 433 Å². The number of amides is 1. The minimum atomic E-state index is -1.80. The fourth-order valence-electron chi connectivity index (χ4n) is 8.61. The average molecular weight is 1020 g/mol. The second kappa shape index (κ2) is 43.4. The van der Waals surface area contributed by atoms with E-state index in [0.717, 1.165) is 64.2 Å². The van der Waals surface area contributed by atoms with Crippen LogP contribution in [0.15, 0.2) is 85.1 Å². The number of carbonyl (C=O) groups is 1. The van der Waals surface area contributed by atoms with Gasteiger partial charge in [-0.05, 0) is 57.8 Å². The van der Waals surface area contributed by atoms with Crippen LogP contribution in [0.4, 0.5) is 0 Å². The number of nitrogens with one attached hydrogen (secondary N) is 1. The van der Waals surface area contributed by atoms with E-state index < -0.39 is 86.8 Å². The van der Waals surface area contributed by atoms with Crippen LogP contribution in [0.5, 0.6) is 0 Å². The summed E-state index contributed by atoms with van der Waals surface area (Å²) in [5, 5.41) is 86.9. The second-order valence-corrected chi connectivity index (χ2v) is 19.3. The molecule has 414 valence electrons. The second-order valence-electron chi connectivity index (χ2n) is 19.3. The Kier molecular flexibility index (Phi) is 39.4. The van der Waals surface area contributed by atoms with Crippen molar-refractivity contribution < 1.29 is 64.6 Å². The van der Waals surface area contributed by atoms with Crippen LogP contribution >= 0.6 is 0 Å². The van der Waals surface area contributed by atoms with Gasteiger partial charge in [0.1, 0.15) is 48.8 Å². The molecule has 0 spiro atoms. The Balaban J connectivity index is 1.85. The summed E-state index contributed by atoms with van der Waals surface area (Å²) in [5.41, 5.74) is 0. The predicted molar refractivity (Wildman–Crippen MR) is 286 cm³/mol. The van der Waals surface area contributed by atoms with E-state index in [9.17, 15) is 45.6 Å². The predicted octanol–water partition coefficient (Wildman–Crippen LogP) is 8.55. The van der Waals surface area contributed by atoms with Gasteiger partial charge in [-0.1, -0.05) is 202 Å². The highest BCUT2D eigenvalue weighted by molar-refractivity contribution is 5.76. The summed E-state index contributed by atoms with van der Waals surface area (Å²) >= 11 is 0. The topological polar surface area (TPSA) is 228 Å². The highest BCUT2D eigenvalue weighted by Crippen LogP contribution is 2.30. The lowest BCUT2D eigenvalue weighted by Gasteiger charge is -2.46. The standard InChI is InChI=1S/C58H99NO13/c1-3-5-7-9-11-13-15-17-19-21-23-25-27-29-31-33-35-37-39-41-47(62)46(59-50(63)42-40-38-36-34-32-30-28-26-24-22-20-18-16-14-12-10-8-6-4-2)45-69-57-55(68)53(66)56(49(44-61)71-57)72-58-54(67)52(65)51(64)48(43-60)70-58/h6,8,12,14,18,20,24,26,30,32,36,38-39,41,46-49,51-58,60-62,64-68H,3-5,7,9-11,13,15-17,19,21-23,25,27-29,31,33-35,37,40,42-45H2,1-2H3,(H,59,63)/b8-6-,14-12-,20-18-,26-24-,32-30-,38-36-,41-39+. The highest BCUT2D eigenvalue weighted by atomic mass is 16.7. The molecule has 0 aromatic carbocycles. The highest BCUT2D eigenvalue weighted by Gasteiger charge is 2.51. The van der Waals surface area contributed by atoms with Gasteiger partial charge in [0.15, 0.2) is 12.6 Å². The Morgan fingerprint density at radius 3 is 1.44 bits per heavy atom. The van der Waals surface area contributed by atoms with Crippen molar-refractivity contribution in [3.05, 3.63) is 85.1 Å². The molecule has 0 aliphatic carbocycles. The molecule has 2 fully saturated rings. The summed E-state index contributed by atoms with van der Waals surface area (Å²) < 4.78 is 22.7. The lowest BCUT2D eigenvalue weighted by Crippen LogP contribution is -2.65. The molecule has 1 amide bonds. The van der Waals surface area contributed by atoms with Gasteiger partial charge < -0.3 is 65.1 Å². The Morgan fingerprint density at radius 2 is 0.958 bits per heavy atom. The number of ether oxygens (including phenoxy) is 4. The maximum atomic E-state index is 13.2. The zero-order chi connectivity index (χ0) is 52.4. The number of unbranched alkanes of at least 4 members (excludes halogenated alkanes) is 17. The number of aliphatic hydroxyl groups is 8. The van der Waals surface area contributed by atoms with Crippen molar-refractivity contribution in [3.8, 4) is 0 Å². The molecule has 0 aromatic rings. The maximum Gasteiger partial charge on any atom is 0.220 e. The van der Waals surface area contributed by atoms with Gasteiger partial charge in [-0.2, -0.15) is 0 Å². The van der Waals surface area contributed by atoms with Crippen molar-refractivity contribution in [1.29, 1.82) is 0 Å². The molecule has 9 N–H and O–H groups in total. The Hall–Kier alpha value is -2.83. The average Bonchev–Trinajstić information content (AvgIpc) is 3.38. The summed E-state index contributed by atoms with van der Waals surface area (Å²) in [4.78, 5) is 13.2. The van der Waals surface area contributed by atoms with Gasteiger partial charge >= 0.3 is 0 Å². The maximum absolute atomic E-state index is 13.2. The van der Waals surface area contributed by atoms with Crippen molar-refractivity contribution in [3.63, 3.8) is 0 Å². The number of hydrogen-bond acceptors (Lipinski definition) is 13. The van der Waals surface area contributed by atoms with Gasteiger partial charge in [0.25, 0.3) is 0 Å². The molecular weight excluding hydrogens is 919 g/mol. The normalized spacial score (nSPS) is 26.2. The molecule has 2 aliphatic rings. The monoisotopic (exact) mass is 1020 g/mol. The van der Waals surface area contributed by atoms with Crippen LogP contribution in [0, 0.1) is 0 Å². The molecule has 2 saturated heterocycles. The molecule has 2 heterocycles. The fraction of sp³-hybridized carbons (Fsp3) is 0.741. The minimum Gasteiger partial charge on any atom is -0.394 e. The first-order chi connectivity index (χ1) is 35.1. The van der Waals surface area contributed by atoms with Crippen molar-refractivity contribution in [2.24, 2.45) is 0 Å². The van der Waals surface area contributed by atoms with Gasteiger partial charge in [-0.15, -0.1) is 0 Å². The summed E-state index contributed by atoms with van der Waals surface area (Å²) in [7, 11) is 0. The zero-order valence-corrected chi connectivity index (χ0v) is 44.1. The van der Waals surface area contributed by atoms with Gasteiger partial charge in [0.2, 0.25) is 5.91 Å². The van der Waals surface area contributed by atoms with Gasteiger partial charge in [0, 0.05) is 6.42 Å². The zero-order valence-electron chi connectivity index (χ0n) is 44.1. The molecule has 14 heteroatoms. The van der Waals surface area contributed by atoms with Crippen LogP contribution in [0.1, 0.15) is 181 Å². The van der Waals surface area contributed by atoms with E-state index in [1.54, 1.807) is 6.08 Å². The van der Waals surface area contributed by atoms with E-state index in [4.69, 9.17) is 18.9 Å². The SMILES string of the molecule is CC/C=C\C/C=C\C/C=C\C/C=C\C/C=C\C/C=C\CCC(=O)NC(COC1OC(CO)C(OC2OC(CO)C(O)C(O)C2O)C(O)C1O)C(O)/C=C/CCCCCCCCCCCCCCCCCCC. The number of carbonyl (C=O) groups excluding carboxylic acids is 1. The molecule has 0 radical (unpaired) electrons. The van der Waals surface area contributed by atoms with Crippen molar-refractivity contribution >= 4 is 5.91 Å². The number of allylic oxidation sites excluding steroid dienone is 13. The molecule has 0 bridgehead atoms. The van der Waals surface area contributed by atoms with E-state index in [0.29, 0.717) is 6.42 Å². The first-order valence-corrected chi connectivity index (χ1v) is 27.8. The summed E-state index contributed by atoms with van der Waals surface area (Å²) in [6.45, 7) is 2.62. The lowest BCUT2D eigenvalue weighted by molar-refractivity contribution is -0.359. The van der Waals surface area contributed by atoms with Gasteiger partial charge in [-0.3, -0.25) is 4.79 Å². The van der Waals surface area contributed by atoms with Gasteiger partial charge in [-0.25, -0.2) is 0 Å². The van der Waals surface area contributed by atoms with Crippen molar-refractivity contribution in [2.45, 2.75) is 254 Å². The number of hydrogen-bond donors (Lipinski definition) is 9. The van der Waals surface area contributed by atoms with Crippen molar-refractivity contribution in [2.75, 3.05) is 19.8 Å². The van der Waals surface area contributed by atoms with Crippen LogP contribution < -0.4 is 5.32 Å². The third-order valence-corrected chi connectivity index (χ3v) is 13.1. The fourth-order valence-corrected chi connectivity index (χ4v) is 8.61.